The van der Waals surface area contributed by atoms with Gasteiger partial charge in [-0.1, -0.05) is 18.9 Å². The van der Waals surface area contributed by atoms with Gasteiger partial charge in [0, 0.05) is 6.54 Å². The molecule has 0 radical (unpaired) electrons. The average molecular weight is 286 g/mol. The smallest absolute Gasteiger partial charge is 0.306 e. The molecule has 1 aliphatic rings. The van der Waals surface area contributed by atoms with Crippen LogP contribution in [0.25, 0.3) is 0 Å². The molecule has 4 heteroatoms. The summed E-state index contributed by atoms with van der Waals surface area (Å²) in [5, 5.41) is 21.5. The highest BCUT2D eigenvalue weighted by molar-refractivity contribution is 5.70. The summed E-state index contributed by atoms with van der Waals surface area (Å²) in [6.07, 6.45) is 3.96. The SMILES string of the molecule is Cc1cc(C#N)ccc1CNCC1CCCCC1C(=O)O. The molecule has 2 unspecified atom stereocenters. The second kappa shape index (κ2) is 7.24. The van der Waals surface area contributed by atoms with E-state index in [0.717, 1.165) is 49.9 Å². The van der Waals surface area contributed by atoms with Crippen LogP contribution in [0.4, 0.5) is 0 Å². The first-order valence-corrected chi connectivity index (χ1v) is 7.55. The number of aryl methyl sites for hydroxylation is 1. The van der Waals surface area contributed by atoms with E-state index in [2.05, 4.69) is 11.4 Å². The second-order valence-electron chi connectivity index (χ2n) is 5.87. The minimum atomic E-state index is -0.656. The molecule has 0 spiro atoms. The zero-order valence-corrected chi connectivity index (χ0v) is 12.4. The number of rotatable bonds is 5. The van der Waals surface area contributed by atoms with Gasteiger partial charge in [-0.25, -0.2) is 0 Å². The molecule has 0 aromatic heterocycles. The van der Waals surface area contributed by atoms with Gasteiger partial charge < -0.3 is 10.4 Å². The van der Waals surface area contributed by atoms with Crippen molar-refractivity contribution in [3.05, 3.63) is 34.9 Å². The largest absolute Gasteiger partial charge is 0.481 e. The summed E-state index contributed by atoms with van der Waals surface area (Å²) in [6, 6.07) is 7.81. The summed E-state index contributed by atoms with van der Waals surface area (Å²) in [5.74, 6) is -0.626. The van der Waals surface area contributed by atoms with Crippen molar-refractivity contribution in [3.8, 4) is 6.07 Å². The minimum absolute atomic E-state index is 0.201. The van der Waals surface area contributed by atoms with E-state index in [-0.39, 0.29) is 11.8 Å². The van der Waals surface area contributed by atoms with E-state index in [1.165, 1.54) is 0 Å². The number of aliphatic carboxylic acids is 1. The summed E-state index contributed by atoms with van der Waals surface area (Å²) in [5.41, 5.74) is 2.94. The molecule has 21 heavy (non-hydrogen) atoms. The first kappa shape index (κ1) is 15.5. The molecule has 1 aromatic rings. The Bertz CT molecular complexity index is 548. The second-order valence-corrected chi connectivity index (χ2v) is 5.87. The first-order chi connectivity index (χ1) is 10.1. The van der Waals surface area contributed by atoms with E-state index in [1.54, 1.807) is 0 Å². The van der Waals surface area contributed by atoms with E-state index >= 15 is 0 Å². The van der Waals surface area contributed by atoms with Gasteiger partial charge in [-0.3, -0.25) is 4.79 Å². The normalized spacial score (nSPS) is 21.7. The molecule has 0 bridgehead atoms. The summed E-state index contributed by atoms with van der Waals surface area (Å²) < 4.78 is 0. The van der Waals surface area contributed by atoms with E-state index in [1.807, 2.05) is 25.1 Å². The van der Waals surface area contributed by atoms with E-state index in [9.17, 15) is 9.90 Å². The molecule has 2 rings (SSSR count). The topological polar surface area (TPSA) is 73.1 Å². The molecule has 1 saturated carbocycles. The highest BCUT2D eigenvalue weighted by Crippen LogP contribution is 2.29. The van der Waals surface area contributed by atoms with Gasteiger partial charge in [-0.05, 0) is 55.5 Å². The van der Waals surface area contributed by atoms with Crippen molar-refractivity contribution in [2.75, 3.05) is 6.54 Å². The van der Waals surface area contributed by atoms with Gasteiger partial charge in [0.25, 0.3) is 0 Å². The molecule has 1 aromatic carbocycles. The lowest BCUT2D eigenvalue weighted by atomic mass is 9.79. The lowest BCUT2D eigenvalue weighted by Gasteiger charge is -2.28. The van der Waals surface area contributed by atoms with Crippen LogP contribution in [0.2, 0.25) is 0 Å². The molecule has 0 aliphatic heterocycles. The van der Waals surface area contributed by atoms with Gasteiger partial charge in [0.1, 0.15) is 0 Å². The maximum atomic E-state index is 11.3. The Morgan fingerprint density at radius 2 is 2.19 bits per heavy atom. The van der Waals surface area contributed by atoms with E-state index < -0.39 is 5.97 Å². The standard InChI is InChI=1S/C17H22N2O2/c1-12-8-13(9-18)6-7-14(12)10-19-11-15-4-2-3-5-16(15)17(20)21/h6-8,15-16,19H,2-5,10-11H2,1H3,(H,20,21). The molecule has 2 atom stereocenters. The predicted octanol–water partition coefficient (Wildman–Crippen LogP) is 2.85. The minimum Gasteiger partial charge on any atom is -0.481 e. The van der Waals surface area contributed by atoms with Crippen LogP contribution >= 0.6 is 0 Å². The van der Waals surface area contributed by atoms with Gasteiger partial charge in [0.15, 0.2) is 0 Å². The lowest BCUT2D eigenvalue weighted by Crippen LogP contribution is -2.34. The summed E-state index contributed by atoms with van der Waals surface area (Å²) in [6.45, 7) is 3.47. The number of hydrogen-bond acceptors (Lipinski definition) is 3. The van der Waals surface area contributed by atoms with Crippen molar-refractivity contribution >= 4 is 5.97 Å². The van der Waals surface area contributed by atoms with Crippen LogP contribution in [0.3, 0.4) is 0 Å². The van der Waals surface area contributed by atoms with Crippen molar-refractivity contribution in [2.45, 2.75) is 39.2 Å². The Labute approximate surface area is 125 Å². The van der Waals surface area contributed by atoms with Crippen molar-refractivity contribution in [2.24, 2.45) is 11.8 Å². The van der Waals surface area contributed by atoms with Crippen LogP contribution in [0.5, 0.6) is 0 Å². The third kappa shape index (κ3) is 4.05. The molecular formula is C17H22N2O2. The Hall–Kier alpha value is -1.86. The van der Waals surface area contributed by atoms with Gasteiger partial charge in [-0.15, -0.1) is 0 Å². The Morgan fingerprint density at radius 3 is 2.86 bits per heavy atom. The lowest BCUT2D eigenvalue weighted by molar-refractivity contribution is -0.144. The number of hydrogen-bond donors (Lipinski definition) is 2. The highest BCUT2D eigenvalue weighted by Gasteiger charge is 2.30. The van der Waals surface area contributed by atoms with Gasteiger partial charge in [0.2, 0.25) is 0 Å². The van der Waals surface area contributed by atoms with Crippen LogP contribution in [0.15, 0.2) is 18.2 Å². The van der Waals surface area contributed by atoms with Crippen molar-refractivity contribution in [3.63, 3.8) is 0 Å². The summed E-state index contributed by atoms with van der Waals surface area (Å²) in [7, 11) is 0. The fourth-order valence-corrected chi connectivity index (χ4v) is 3.13. The average Bonchev–Trinajstić information content (AvgIpc) is 2.49. The number of carbonyl (C=O) groups is 1. The van der Waals surface area contributed by atoms with Crippen molar-refractivity contribution in [1.82, 2.24) is 5.32 Å². The zero-order valence-electron chi connectivity index (χ0n) is 12.4. The van der Waals surface area contributed by atoms with Crippen molar-refractivity contribution < 1.29 is 9.90 Å². The molecule has 0 amide bonds. The number of nitrogens with zero attached hydrogens (tertiary/aromatic N) is 1. The first-order valence-electron chi connectivity index (χ1n) is 7.55. The Balaban J connectivity index is 1.89. The molecule has 0 saturated heterocycles. The maximum absolute atomic E-state index is 11.3. The third-order valence-corrected chi connectivity index (χ3v) is 4.42. The third-order valence-electron chi connectivity index (χ3n) is 4.42. The van der Waals surface area contributed by atoms with E-state index in [4.69, 9.17) is 5.26 Å². The Kier molecular flexibility index (Phi) is 5.35. The van der Waals surface area contributed by atoms with Crippen LogP contribution in [0.1, 0.15) is 42.4 Å². The highest BCUT2D eigenvalue weighted by atomic mass is 16.4. The molecule has 1 aliphatic carbocycles. The number of nitriles is 1. The zero-order chi connectivity index (χ0) is 15.2. The fraction of sp³-hybridized carbons (Fsp3) is 0.529. The molecule has 4 nitrogen and oxygen atoms in total. The molecule has 0 heterocycles. The van der Waals surface area contributed by atoms with Crippen molar-refractivity contribution in [1.29, 1.82) is 5.26 Å². The molecule has 2 N–H and O–H groups in total. The van der Waals surface area contributed by atoms with Gasteiger partial charge >= 0.3 is 5.97 Å². The maximum Gasteiger partial charge on any atom is 0.306 e. The predicted molar refractivity (Wildman–Crippen MR) is 80.7 cm³/mol. The summed E-state index contributed by atoms with van der Waals surface area (Å²) in [4.78, 5) is 11.3. The molecule has 112 valence electrons. The monoisotopic (exact) mass is 286 g/mol. The quantitative estimate of drug-likeness (QED) is 0.873. The van der Waals surface area contributed by atoms with Crippen LogP contribution in [-0.2, 0) is 11.3 Å². The number of benzene rings is 1. The van der Waals surface area contributed by atoms with Crippen LogP contribution in [-0.4, -0.2) is 17.6 Å². The summed E-state index contributed by atoms with van der Waals surface area (Å²) >= 11 is 0. The van der Waals surface area contributed by atoms with Crippen LogP contribution < -0.4 is 5.32 Å². The Morgan fingerprint density at radius 1 is 1.43 bits per heavy atom. The molecule has 1 fully saturated rings. The van der Waals surface area contributed by atoms with E-state index in [0.29, 0.717) is 5.56 Å². The molecular weight excluding hydrogens is 264 g/mol. The van der Waals surface area contributed by atoms with Gasteiger partial charge in [-0.2, -0.15) is 5.26 Å². The number of carboxylic acid groups (broad SMARTS) is 1. The van der Waals surface area contributed by atoms with Gasteiger partial charge in [0.05, 0.1) is 17.6 Å². The fourth-order valence-electron chi connectivity index (χ4n) is 3.13. The van der Waals surface area contributed by atoms with Crippen LogP contribution in [0, 0.1) is 30.1 Å². The number of carboxylic acids is 1. The number of nitrogens with one attached hydrogen (secondary N) is 1.